The molecule has 1 aliphatic rings. The highest BCUT2D eigenvalue weighted by molar-refractivity contribution is 5.93. The summed E-state index contributed by atoms with van der Waals surface area (Å²) < 4.78 is 15.0. The van der Waals surface area contributed by atoms with Gasteiger partial charge < -0.3 is 29.0 Å². The minimum atomic E-state index is -0.685. The number of carbonyl (C=O) groups excluding carboxylic acids is 3. The number of nitrogens with zero attached hydrogens (tertiary/aromatic N) is 2. The molecule has 3 rings (SSSR count). The smallest absolute Gasteiger partial charge is 0.325 e. The van der Waals surface area contributed by atoms with Crippen LogP contribution in [-0.4, -0.2) is 69.1 Å². The minimum absolute atomic E-state index is 0.101. The molecule has 0 aliphatic carbocycles. The molecular formula is C20H23N3O6. The Morgan fingerprint density at radius 3 is 2.41 bits per heavy atom. The zero-order chi connectivity index (χ0) is 20.6. The Kier molecular flexibility index (Phi) is 6.72. The summed E-state index contributed by atoms with van der Waals surface area (Å²) in [7, 11) is 1.62. The first-order chi connectivity index (χ1) is 14.1. The van der Waals surface area contributed by atoms with Crippen molar-refractivity contribution in [2.24, 2.45) is 0 Å². The van der Waals surface area contributed by atoms with Gasteiger partial charge in [0.2, 0.25) is 0 Å². The maximum absolute atomic E-state index is 12.3. The summed E-state index contributed by atoms with van der Waals surface area (Å²) in [5.41, 5.74) is 1.07. The Morgan fingerprint density at radius 2 is 1.79 bits per heavy atom. The third-order valence-electron chi connectivity index (χ3n) is 4.56. The van der Waals surface area contributed by atoms with Crippen molar-refractivity contribution in [1.29, 1.82) is 0 Å². The number of amides is 2. The molecule has 154 valence electrons. The molecule has 1 fully saturated rings. The van der Waals surface area contributed by atoms with E-state index in [4.69, 9.17) is 13.9 Å². The van der Waals surface area contributed by atoms with E-state index in [1.54, 1.807) is 18.1 Å². The van der Waals surface area contributed by atoms with Crippen LogP contribution in [0, 0.1) is 0 Å². The number of anilines is 1. The highest BCUT2D eigenvalue weighted by Gasteiger charge is 2.22. The normalized spacial score (nSPS) is 13.7. The first kappa shape index (κ1) is 20.2. The van der Waals surface area contributed by atoms with Gasteiger partial charge in [-0.3, -0.25) is 14.4 Å². The largest absolute Gasteiger partial charge is 0.497 e. The predicted molar refractivity (Wildman–Crippen MR) is 104 cm³/mol. The molecule has 9 heteroatoms. The SMILES string of the molecule is COc1ccc(N2CCN(C(=O)COC(=O)CNC(=O)c3ccco3)CC2)cc1. The second-order valence-corrected chi connectivity index (χ2v) is 6.39. The molecule has 0 spiro atoms. The highest BCUT2D eigenvalue weighted by Crippen LogP contribution is 2.20. The molecule has 0 saturated carbocycles. The number of piperazine rings is 1. The van der Waals surface area contributed by atoms with Gasteiger partial charge in [-0.05, 0) is 36.4 Å². The molecule has 0 radical (unpaired) electrons. The fourth-order valence-corrected chi connectivity index (χ4v) is 2.94. The molecule has 0 bridgehead atoms. The van der Waals surface area contributed by atoms with Gasteiger partial charge in [0.15, 0.2) is 12.4 Å². The molecule has 1 saturated heterocycles. The number of benzene rings is 1. The van der Waals surface area contributed by atoms with E-state index in [0.717, 1.165) is 11.4 Å². The van der Waals surface area contributed by atoms with Crippen molar-refractivity contribution < 1.29 is 28.3 Å². The Hall–Kier alpha value is -3.49. The van der Waals surface area contributed by atoms with Crippen molar-refractivity contribution in [3.63, 3.8) is 0 Å². The van der Waals surface area contributed by atoms with Gasteiger partial charge in [-0.1, -0.05) is 0 Å². The molecule has 2 amide bonds. The number of carbonyl (C=O) groups is 3. The fourth-order valence-electron chi connectivity index (χ4n) is 2.94. The maximum atomic E-state index is 12.3. The molecular weight excluding hydrogens is 378 g/mol. The standard InChI is InChI=1S/C20H23N3O6/c1-27-16-6-4-15(5-7-16)22-8-10-23(11-9-22)18(24)14-29-19(25)13-21-20(26)17-3-2-12-28-17/h2-7,12H,8-11,13-14H2,1H3,(H,21,26). The molecule has 1 aromatic carbocycles. The van der Waals surface area contributed by atoms with E-state index >= 15 is 0 Å². The van der Waals surface area contributed by atoms with Gasteiger partial charge in [0.25, 0.3) is 11.8 Å². The molecule has 29 heavy (non-hydrogen) atoms. The van der Waals surface area contributed by atoms with Crippen LogP contribution in [0.3, 0.4) is 0 Å². The molecule has 1 aliphatic heterocycles. The van der Waals surface area contributed by atoms with Gasteiger partial charge in [0.1, 0.15) is 12.3 Å². The van der Waals surface area contributed by atoms with Crippen LogP contribution in [0.2, 0.25) is 0 Å². The average molecular weight is 401 g/mol. The van der Waals surface area contributed by atoms with Gasteiger partial charge in [0, 0.05) is 31.9 Å². The van der Waals surface area contributed by atoms with Crippen molar-refractivity contribution in [2.45, 2.75) is 0 Å². The topological polar surface area (TPSA) is 101 Å². The summed E-state index contributed by atoms with van der Waals surface area (Å²) >= 11 is 0. The Balaban J connectivity index is 1.37. The van der Waals surface area contributed by atoms with Crippen molar-refractivity contribution in [2.75, 3.05) is 51.3 Å². The molecule has 2 aromatic rings. The van der Waals surface area contributed by atoms with Crippen molar-refractivity contribution in [3.8, 4) is 5.75 Å². The lowest BCUT2D eigenvalue weighted by Gasteiger charge is -2.36. The van der Waals surface area contributed by atoms with Crippen LogP contribution in [0.15, 0.2) is 47.1 Å². The average Bonchev–Trinajstić information content (AvgIpc) is 3.31. The van der Waals surface area contributed by atoms with Crippen LogP contribution in [0.4, 0.5) is 5.69 Å². The summed E-state index contributed by atoms with van der Waals surface area (Å²) in [5, 5.41) is 2.37. The summed E-state index contributed by atoms with van der Waals surface area (Å²) in [6.07, 6.45) is 1.36. The Bertz CT molecular complexity index is 826. The van der Waals surface area contributed by atoms with E-state index in [2.05, 4.69) is 10.2 Å². The summed E-state index contributed by atoms with van der Waals surface area (Å²) in [6, 6.07) is 10.8. The number of methoxy groups -OCH3 is 1. The number of ether oxygens (including phenoxy) is 2. The molecule has 1 aromatic heterocycles. The van der Waals surface area contributed by atoms with E-state index in [1.807, 2.05) is 24.3 Å². The number of furan rings is 1. The number of hydrogen-bond acceptors (Lipinski definition) is 7. The molecule has 1 N–H and O–H groups in total. The number of hydrogen-bond donors (Lipinski definition) is 1. The molecule has 0 atom stereocenters. The lowest BCUT2D eigenvalue weighted by atomic mass is 10.2. The van der Waals surface area contributed by atoms with Crippen LogP contribution >= 0.6 is 0 Å². The number of nitrogens with one attached hydrogen (secondary N) is 1. The second kappa shape index (κ2) is 9.63. The Labute approximate surface area is 168 Å². The predicted octanol–water partition coefficient (Wildman–Crippen LogP) is 0.910. The van der Waals surface area contributed by atoms with Crippen LogP contribution in [-0.2, 0) is 14.3 Å². The number of rotatable bonds is 7. The fraction of sp³-hybridized carbons (Fsp3) is 0.350. The highest BCUT2D eigenvalue weighted by atomic mass is 16.5. The lowest BCUT2D eigenvalue weighted by Crippen LogP contribution is -2.50. The summed E-state index contributed by atoms with van der Waals surface area (Å²) in [4.78, 5) is 39.5. The van der Waals surface area contributed by atoms with Crippen molar-refractivity contribution in [3.05, 3.63) is 48.4 Å². The van der Waals surface area contributed by atoms with E-state index in [9.17, 15) is 14.4 Å². The maximum Gasteiger partial charge on any atom is 0.325 e. The van der Waals surface area contributed by atoms with Crippen LogP contribution in [0.5, 0.6) is 5.75 Å². The second-order valence-electron chi connectivity index (χ2n) is 6.39. The third kappa shape index (κ3) is 5.50. The van der Waals surface area contributed by atoms with Crippen LogP contribution in [0.25, 0.3) is 0 Å². The van der Waals surface area contributed by atoms with Crippen LogP contribution < -0.4 is 15.0 Å². The monoisotopic (exact) mass is 401 g/mol. The zero-order valence-corrected chi connectivity index (χ0v) is 16.1. The van der Waals surface area contributed by atoms with Gasteiger partial charge in [-0.25, -0.2) is 0 Å². The van der Waals surface area contributed by atoms with E-state index < -0.39 is 11.9 Å². The van der Waals surface area contributed by atoms with E-state index in [0.29, 0.717) is 26.2 Å². The summed E-state index contributed by atoms with van der Waals surface area (Å²) in [6.45, 7) is 1.77. The first-order valence-electron chi connectivity index (χ1n) is 9.21. The number of esters is 1. The van der Waals surface area contributed by atoms with E-state index in [1.165, 1.54) is 12.3 Å². The quantitative estimate of drug-likeness (QED) is 0.688. The Morgan fingerprint density at radius 1 is 1.07 bits per heavy atom. The van der Waals surface area contributed by atoms with Crippen LogP contribution in [0.1, 0.15) is 10.6 Å². The molecule has 0 unspecified atom stereocenters. The van der Waals surface area contributed by atoms with Gasteiger partial charge in [-0.15, -0.1) is 0 Å². The molecule has 9 nitrogen and oxygen atoms in total. The third-order valence-corrected chi connectivity index (χ3v) is 4.56. The van der Waals surface area contributed by atoms with E-state index in [-0.39, 0.29) is 24.8 Å². The lowest BCUT2D eigenvalue weighted by molar-refractivity contribution is -0.151. The van der Waals surface area contributed by atoms with Crippen molar-refractivity contribution in [1.82, 2.24) is 10.2 Å². The first-order valence-corrected chi connectivity index (χ1v) is 9.21. The van der Waals surface area contributed by atoms with Gasteiger partial charge >= 0.3 is 5.97 Å². The van der Waals surface area contributed by atoms with Crippen molar-refractivity contribution >= 4 is 23.5 Å². The summed E-state index contributed by atoms with van der Waals surface area (Å²) in [5.74, 6) is -0.568. The molecule has 2 heterocycles. The van der Waals surface area contributed by atoms with Gasteiger partial charge in [0.05, 0.1) is 13.4 Å². The van der Waals surface area contributed by atoms with Gasteiger partial charge in [-0.2, -0.15) is 0 Å². The zero-order valence-electron chi connectivity index (χ0n) is 16.1. The minimum Gasteiger partial charge on any atom is -0.497 e.